The normalized spacial score (nSPS) is 11.5. The monoisotopic (exact) mass is 280 g/mol. The maximum Gasteiger partial charge on any atom is 0.263 e. The highest BCUT2D eigenvalue weighted by atomic mass is 32.2. The summed E-state index contributed by atoms with van der Waals surface area (Å²) < 4.78 is 26.9. The van der Waals surface area contributed by atoms with E-state index < -0.39 is 10.0 Å². The molecule has 0 amide bonds. The van der Waals surface area contributed by atoms with Crippen molar-refractivity contribution in [1.29, 1.82) is 0 Å². The van der Waals surface area contributed by atoms with Gasteiger partial charge in [-0.25, -0.2) is 8.42 Å². The first-order valence-electron chi connectivity index (χ1n) is 5.72. The quantitative estimate of drug-likeness (QED) is 0.745. The summed E-state index contributed by atoms with van der Waals surface area (Å²) in [5.74, 6) is 0.302. The van der Waals surface area contributed by atoms with Crippen LogP contribution in [0.3, 0.4) is 0 Å². The van der Waals surface area contributed by atoms with E-state index in [2.05, 4.69) is 14.9 Å². The number of aromatic nitrogens is 2. The van der Waals surface area contributed by atoms with E-state index in [1.54, 1.807) is 13.0 Å². The largest absolute Gasteiger partial charge is 0.398 e. The Labute approximate surface area is 112 Å². The molecule has 0 unspecified atom stereocenters. The Kier molecular flexibility index (Phi) is 3.23. The first-order valence-corrected chi connectivity index (χ1v) is 7.20. The summed E-state index contributed by atoms with van der Waals surface area (Å²) in [5, 5.41) is 6.65. The summed E-state index contributed by atoms with van der Waals surface area (Å²) in [6.07, 6.45) is 0. The van der Waals surface area contributed by atoms with E-state index in [1.807, 2.05) is 13.8 Å². The molecule has 1 aromatic heterocycles. The first kappa shape index (κ1) is 13.4. The Morgan fingerprint density at radius 3 is 2.47 bits per heavy atom. The highest BCUT2D eigenvalue weighted by Crippen LogP contribution is 2.21. The molecule has 7 heteroatoms. The molecular formula is C12H16N4O2S. The van der Waals surface area contributed by atoms with Gasteiger partial charge < -0.3 is 5.73 Å². The summed E-state index contributed by atoms with van der Waals surface area (Å²) in [7, 11) is -3.67. The van der Waals surface area contributed by atoms with E-state index in [1.165, 1.54) is 12.1 Å². The zero-order valence-corrected chi connectivity index (χ0v) is 11.8. The summed E-state index contributed by atoms with van der Waals surface area (Å²) in [6, 6.07) is 4.63. The minimum Gasteiger partial charge on any atom is -0.398 e. The van der Waals surface area contributed by atoms with Gasteiger partial charge in [0.25, 0.3) is 10.0 Å². The van der Waals surface area contributed by atoms with E-state index in [4.69, 9.17) is 5.73 Å². The van der Waals surface area contributed by atoms with Crippen LogP contribution in [0.5, 0.6) is 0 Å². The van der Waals surface area contributed by atoms with Crippen molar-refractivity contribution in [3.05, 3.63) is 35.0 Å². The third kappa shape index (κ3) is 2.55. The highest BCUT2D eigenvalue weighted by Gasteiger charge is 2.18. The van der Waals surface area contributed by atoms with E-state index >= 15 is 0 Å². The lowest BCUT2D eigenvalue weighted by Crippen LogP contribution is -2.14. The molecule has 0 aliphatic carbocycles. The van der Waals surface area contributed by atoms with E-state index in [0.717, 1.165) is 16.8 Å². The smallest absolute Gasteiger partial charge is 0.263 e. The van der Waals surface area contributed by atoms with Gasteiger partial charge in [-0.05, 0) is 38.5 Å². The number of nitrogen functional groups attached to an aromatic ring is 1. The van der Waals surface area contributed by atoms with E-state index in [-0.39, 0.29) is 4.90 Å². The highest BCUT2D eigenvalue weighted by molar-refractivity contribution is 7.92. The maximum absolute atomic E-state index is 12.2. The number of hydrogen-bond acceptors (Lipinski definition) is 4. The van der Waals surface area contributed by atoms with E-state index in [9.17, 15) is 8.42 Å². The van der Waals surface area contributed by atoms with Crippen LogP contribution in [0.1, 0.15) is 16.8 Å². The Hall–Kier alpha value is -2.02. The van der Waals surface area contributed by atoms with Gasteiger partial charge in [0.2, 0.25) is 0 Å². The number of rotatable bonds is 3. The molecule has 2 rings (SSSR count). The Morgan fingerprint density at radius 2 is 1.95 bits per heavy atom. The molecule has 0 aliphatic heterocycles. The van der Waals surface area contributed by atoms with Crippen LogP contribution in [0, 0.1) is 20.8 Å². The number of nitrogens with two attached hydrogens (primary N) is 1. The van der Waals surface area contributed by atoms with Gasteiger partial charge in [-0.3, -0.25) is 9.82 Å². The topological polar surface area (TPSA) is 101 Å². The van der Waals surface area contributed by atoms with Gasteiger partial charge in [-0.1, -0.05) is 6.07 Å². The number of aryl methyl sites for hydroxylation is 2. The Morgan fingerprint density at radius 1 is 1.26 bits per heavy atom. The molecule has 0 radical (unpaired) electrons. The number of aromatic amines is 1. The van der Waals surface area contributed by atoms with Crippen molar-refractivity contribution >= 4 is 21.5 Å². The summed E-state index contributed by atoms with van der Waals surface area (Å²) in [6.45, 7) is 5.44. The number of anilines is 2. The van der Waals surface area contributed by atoms with Crippen molar-refractivity contribution in [2.75, 3.05) is 10.5 Å². The van der Waals surface area contributed by atoms with Crippen molar-refractivity contribution in [2.45, 2.75) is 25.7 Å². The lowest BCUT2D eigenvalue weighted by Gasteiger charge is -2.08. The van der Waals surface area contributed by atoms with Crippen molar-refractivity contribution in [2.24, 2.45) is 0 Å². The van der Waals surface area contributed by atoms with Gasteiger partial charge in [0.05, 0.1) is 4.90 Å². The van der Waals surface area contributed by atoms with Crippen molar-refractivity contribution < 1.29 is 8.42 Å². The lowest BCUT2D eigenvalue weighted by atomic mass is 10.2. The Balaban J connectivity index is 2.37. The minimum atomic E-state index is -3.67. The van der Waals surface area contributed by atoms with Crippen LogP contribution < -0.4 is 10.5 Å². The number of H-pyrrole nitrogens is 1. The van der Waals surface area contributed by atoms with Crippen molar-refractivity contribution in [3.8, 4) is 0 Å². The van der Waals surface area contributed by atoms with Gasteiger partial charge in [-0.2, -0.15) is 5.10 Å². The predicted octanol–water partition coefficient (Wildman–Crippen LogP) is 1.72. The van der Waals surface area contributed by atoms with Crippen LogP contribution >= 0.6 is 0 Å². The number of nitrogens with one attached hydrogen (secondary N) is 2. The lowest BCUT2D eigenvalue weighted by molar-refractivity contribution is 0.601. The molecule has 102 valence electrons. The van der Waals surface area contributed by atoms with Gasteiger partial charge in [0, 0.05) is 16.9 Å². The molecule has 6 nitrogen and oxygen atoms in total. The second kappa shape index (κ2) is 4.58. The second-order valence-electron chi connectivity index (χ2n) is 4.45. The molecule has 0 aliphatic rings. The van der Waals surface area contributed by atoms with Crippen LogP contribution in [0.2, 0.25) is 0 Å². The van der Waals surface area contributed by atoms with Crippen molar-refractivity contribution in [1.82, 2.24) is 10.2 Å². The SMILES string of the molecule is Cc1ccc(S(=O)(=O)Nc2n[nH]c(C)c2C)cc1N. The van der Waals surface area contributed by atoms with Crippen LogP contribution in [0.4, 0.5) is 11.5 Å². The van der Waals surface area contributed by atoms with Gasteiger partial charge in [-0.15, -0.1) is 0 Å². The zero-order chi connectivity index (χ0) is 14.2. The minimum absolute atomic E-state index is 0.121. The summed E-state index contributed by atoms with van der Waals surface area (Å²) in [5.41, 5.74) is 8.60. The molecular weight excluding hydrogens is 264 g/mol. The molecule has 0 bridgehead atoms. The predicted molar refractivity (Wildman–Crippen MR) is 74.5 cm³/mol. The number of nitrogens with zero attached hydrogens (tertiary/aromatic N) is 1. The van der Waals surface area contributed by atoms with Crippen LogP contribution in [0.25, 0.3) is 0 Å². The molecule has 4 N–H and O–H groups in total. The third-order valence-electron chi connectivity index (χ3n) is 3.05. The molecule has 1 heterocycles. The third-order valence-corrected chi connectivity index (χ3v) is 4.38. The number of sulfonamides is 1. The number of benzene rings is 1. The second-order valence-corrected chi connectivity index (χ2v) is 6.13. The number of hydrogen-bond donors (Lipinski definition) is 3. The summed E-state index contributed by atoms with van der Waals surface area (Å²) >= 11 is 0. The van der Waals surface area contributed by atoms with Gasteiger partial charge >= 0.3 is 0 Å². The zero-order valence-electron chi connectivity index (χ0n) is 11.0. The molecule has 1 aromatic carbocycles. The van der Waals surface area contributed by atoms with E-state index in [0.29, 0.717) is 11.5 Å². The standard InChI is InChI=1S/C12H16N4O2S/c1-7-4-5-10(6-11(7)13)19(17,18)16-12-8(2)9(3)14-15-12/h4-6H,13H2,1-3H3,(H2,14,15,16). The maximum atomic E-state index is 12.2. The average molecular weight is 280 g/mol. The molecule has 19 heavy (non-hydrogen) atoms. The Bertz CT molecular complexity index is 719. The fourth-order valence-corrected chi connectivity index (χ4v) is 2.66. The molecule has 0 atom stereocenters. The van der Waals surface area contributed by atoms with Crippen LogP contribution in [0.15, 0.2) is 23.1 Å². The summed E-state index contributed by atoms with van der Waals surface area (Å²) in [4.78, 5) is 0.121. The van der Waals surface area contributed by atoms with Crippen LogP contribution in [-0.2, 0) is 10.0 Å². The molecule has 0 saturated heterocycles. The van der Waals surface area contributed by atoms with Crippen molar-refractivity contribution in [3.63, 3.8) is 0 Å². The molecule has 0 fully saturated rings. The van der Waals surface area contributed by atoms with Crippen LogP contribution in [-0.4, -0.2) is 18.6 Å². The first-order chi connectivity index (χ1) is 8.81. The van der Waals surface area contributed by atoms with Gasteiger partial charge in [0.15, 0.2) is 5.82 Å². The molecule has 0 saturated carbocycles. The average Bonchev–Trinajstić information content (AvgIpc) is 2.64. The fraction of sp³-hybridized carbons (Fsp3) is 0.250. The van der Waals surface area contributed by atoms with Gasteiger partial charge in [0.1, 0.15) is 0 Å². The molecule has 0 spiro atoms. The fourth-order valence-electron chi connectivity index (χ4n) is 1.56. The molecule has 2 aromatic rings.